The van der Waals surface area contributed by atoms with E-state index in [1.165, 1.54) is 27.6 Å². The summed E-state index contributed by atoms with van der Waals surface area (Å²) in [5.41, 5.74) is 15.8. The molecule has 0 spiro atoms. The fourth-order valence-corrected chi connectivity index (χ4v) is 12.4. The van der Waals surface area contributed by atoms with Crippen LogP contribution in [0.5, 0.6) is 0 Å². The number of aryl methyl sites for hydroxylation is 2. The van der Waals surface area contributed by atoms with Crippen molar-refractivity contribution >= 4 is 109 Å². The molecule has 0 unspecified atom stereocenters. The minimum Gasteiger partial charge on any atom is -0.472 e. The predicted octanol–water partition coefficient (Wildman–Crippen LogP) is 20.4. The molecule has 0 bridgehead atoms. The molecule has 0 amide bonds. The molecule has 20 aromatic rings. The molecule has 12 aromatic heterocycles. The minimum atomic E-state index is -0.356. The van der Waals surface area contributed by atoms with E-state index in [0.29, 0.717) is 49.5 Å². The van der Waals surface area contributed by atoms with Crippen molar-refractivity contribution in [1.82, 2.24) is 43.7 Å². The smallest absolute Gasteiger partial charge is 0.327 e. The molecule has 8 aromatic carbocycles. The predicted molar refractivity (Wildman–Crippen MR) is 434 cm³/mol. The van der Waals surface area contributed by atoms with Crippen LogP contribution < -0.4 is 16.9 Å². The Morgan fingerprint density at radius 2 is 0.772 bits per heavy atom. The van der Waals surface area contributed by atoms with Gasteiger partial charge in [0.1, 0.15) is 0 Å². The van der Waals surface area contributed by atoms with Gasteiger partial charge in [0, 0.05) is 192 Å². The van der Waals surface area contributed by atoms with Crippen LogP contribution in [0, 0.1) is 56.3 Å². The monoisotopic (exact) mass is 2390 g/mol. The van der Waals surface area contributed by atoms with E-state index in [2.05, 4.69) is 186 Å². The van der Waals surface area contributed by atoms with Gasteiger partial charge in [-0.2, -0.15) is 0 Å². The van der Waals surface area contributed by atoms with E-state index >= 15 is 0 Å². The summed E-state index contributed by atoms with van der Waals surface area (Å²) in [4.78, 5) is 65.2. The van der Waals surface area contributed by atoms with E-state index in [4.69, 9.17) is 23.2 Å². The van der Waals surface area contributed by atoms with Crippen molar-refractivity contribution < 1.29 is 114 Å². The van der Waals surface area contributed by atoms with Crippen molar-refractivity contribution in [2.24, 2.45) is 0 Å². The van der Waals surface area contributed by atoms with E-state index < -0.39 is 0 Å². The van der Waals surface area contributed by atoms with Gasteiger partial charge >= 0.3 is 16.9 Å². The first kappa shape index (κ1) is 87.3. The van der Waals surface area contributed by atoms with Gasteiger partial charge < -0.3 is 47.0 Å². The Hall–Kier alpha value is -10.7. The van der Waals surface area contributed by atoms with Gasteiger partial charge in [0.05, 0.1) is 22.3 Å². The largest absolute Gasteiger partial charge is 0.472 e. The Balaban J connectivity index is 0.000000152. The van der Waals surface area contributed by atoms with Crippen molar-refractivity contribution in [1.29, 1.82) is 0 Å². The molecule has 0 aliphatic carbocycles. The zero-order valence-electron chi connectivity index (χ0n) is 62.7. The van der Waals surface area contributed by atoms with E-state index in [9.17, 15) is 14.4 Å². The van der Waals surface area contributed by atoms with Gasteiger partial charge in [-0.05, 0) is 96.5 Å². The van der Waals surface area contributed by atoms with Crippen molar-refractivity contribution in [3.05, 3.63) is 376 Å². The molecule has 0 aliphatic rings. The molecule has 0 N–H and O–H groups in total. The Labute approximate surface area is 725 Å². The Kier molecular flexibility index (Phi) is 30.2. The summed E-state index contributed by atoms with van der Waals surface area (Å²) in [6.45, 7) is 17.6. The number of imidazole rings is 2. The molecule has 20 rings (SSSR count). The summed E-state index contributed by atoms with van der Waals surface area (Å²) in [6.07, 6.45) is 12.9. The van der Waals surface area contributed by atoms with Crippen molar-refractivity contribution in [3.8, 4) is 22.5 Å². The standard InChI is InChI=1S/C19H17N2.C17H19N2.3C12H6NO2.2C11H8N.5Ir/c1-19(2,3)14-8-9-16-17(12-14)21-11-10-13-6-4-5-7-15(13)18(21)20-16;1-11-12(2)19-10-15(17(3,4)5)13-8-6-7-9-14(13)16(19)18-11;3*14-12-9-5-3-7-13-11(9)8-4-1-2-6-10(8)15-12;2*1-2-6-10(7-3-1)11-8-4-5-9-12-11;;;;;/h4-6,8-12H,1-3H3;6-8,10H,1-5H3;3*1-3,5-7H;2*1-6,8-9H;;;;;/q7*-1;;;;;. The number of aromatic nitrogens is 9. The number of fused-ring (bicyclic) bond motifs is 17. The molecule has 5 radical (unpaired) electrons. The third-order valence-corrected chi connectivity index (χ3v) is 18.0. The van der Waals surface area contributed by atoms with Gasteiger partial charge in [0.25, 0.3) is 0 Å². The van der Waals surface area contributed by atoms with Crippen LogP contribution in [0.3, 0.4) is 0 Å². The van der Waals surface area contributed by atoms with Gasteiger partial charge in [-0.1, -0.05) is 123 Å². The fourth-order valence-electron chi connectivity index (χ4n) is 12.4. The first-order valence-electron chi connectivity index (χ1n) is 35.3. The summed E-state index contributed by atoms with van der Waals surface area (Å²) in [7, 11) is 0. The van der Waals surface area contributed by atoms with Crippen LogP contribution in [0.2, 0.25) is 0 Å². The van der Waals surface area contributed by atoms with Crippen molar-refractivity contribution in [3.63, 3.8) is 0 Å². The number of rotatable bonds is 2. The Morgan fingerprint density at radius 3 is 1.21 bits per heavy atom. The van der Waals surface area contributed by atoms with Crippen LogP contribution in [0.1, 0.15) is 64.1 Å². The van der Waals surface area contributed by atoms with Crippen LogP contribution in [-0.2, 0) is 111 Å². The second-order valence-corrected chi connectivity index (χ2v) is 27.4. The Morgan fingerprint density at radius 1 is 0.360 bits per heavy atom. The molecular weight excluding hydrogens is 2310 g/mol. The van der Waals surface area contributed by atoms with Gasteiger partial charge in [-0.25, -0.2) is 14.4 Å². The number of benzene rings is 8. The van der Waals surface area contributed by atoms with Crippen LogP contribution >= 0.6 is 0 Å². The molecule has 114 heavy (non-hydrogen) atoms. The topological polar surface area (TPSA) is 190 Å². The fraction of sp³-hybridized carbons (Fsp3) is 0.106. The third kappa shape index (κ3) is 19.7. The van der Waals surface area contributed by atoms with Crippen LogP contribution in [0.25, 0.3) is 132 Å². The summed E-state index contributed by atoms with van der Waals surface area (Å²) < 4.78 is 19.8. The van der Waals surface area contributed by atoms with Crippen molar-refractivity contribution in [2.45, 2.75) is 66.2 Å². The number of nitrogens with zero attached hydrogens (tertiary/aromatic N) is 9. The SMILES string of the molecule is CC(C)(C)c1ccc2nc3c4[c-]cccc4ccn3c2c1.Cc1nc2c3[c-]cccc3c(C(C)(C)C)cn2c1C.O=c1oc2ccc[c-]c2c2ncccc12.O=c1oc2ccc[c-]c2c2ncccc12.O=c1oc2ccc[c-]c2c2ncccc12.[Ir].[Ir].[Ir].[Ir].[Ir].[c-]1ccccc1-c1ccccn1.[c-]1ccccc1-c1ccccn1. The van der Waals surface area contributed by atoms with E-state index in [1.54, 1.807) is 122 Å². The maximum atomic E-state index is 11.6. The van der Waals surface area contributed by atoms with Gasteiger partial charge in [0.2, 0.25) is 0 Å². The molecular formula is C94H70Ir5N9O6-7. The number of hydrogen-bond acceptors (Lipinski definition) is 13. The third-order valence-electron chi connectivity index (χ3n) is 18.0. The quantitative estimate of drug-likeness (QED) is 0.0903. The Bertz CT molecular complexity index is 6390. The molecule has 0 saturated heterocycles. The number of hydrogen-bond donors (Lipinski definition) is 0. The molecule has 0 saturated carbocycles. The van der Waals surface area contributed by atoms with Gasteiger partial charge in [-0.15, -0.1) is 209 Å². The zero-order chi connectivity index (χ0) is 75.6. The first-order chi connectivity index (χ1) is 52.9. The second kappa shape index (κ2) is 39.4. The average Bonchev–Trinajstić information content (AvgIpc) is 1.60. The maximum Gasteiger partial charge on any atom is 0.327 e. The molecule has 0 fully saturated rings. The summed E-state index contributed by atoms with van der Waals surface area (Å²) >= 11 is 0. The van der Waals surface area contributed by atoms with E-state index in [0.717, 1.165) is 77.5 Å². The summed E-state index contributed by atoms with van der Waals surface area (Å²) in [5, 5.41) is 8.34. The second-order valence-electron chi connectivity index (χ2n) is 27.4. The van der Waals surface area contributed by atoms with Crippen LogP contribution in [-0.4, -0.2) is 43.7 Å². The molecule has 0 atom stereocenters. The van der Waals surface area contributed by atoms with Crippen LogP contribution in [0.15, 0.2) is 308 Å². The first-order valence-corrected chi connectivity index (χ1v) is 35.3. The van der Waals surface area contributed by atoms with Crippen molar-refractivity contribution in [2.75, 3.05) is 0 Å². The molecule has 0 aliphatic heterocycles. The van der Waals surface area contributed by atoms with Crippen LogP contribution in [0.4, 0.5) is 0 Å². The minimum absolute atomic E-state index is 0. The normalized spacial score (nSPS) is 10.7. The number of pyridine rings is 7. The zero-order valence-corrected chi connectivity index (χ0v) is 74.7. The molecule has 579 valence electrons. The molecule has 12 heterocycles. The average molecular weight is 2380 g/mol. The summed E-state index contributed by atoms with van der Waals surface area (Å²) in [6, 6.07) is 96.5. The van der Waals surface area contributed by atoms with Gasteiger partial charge in [-0.3, -0.25) is 9.97 Å². The molecule has 15 nitrogen and oxygen atoms in total. The van der Waals surface area contributed by atoms with Gasteiger partial charge in [0.15, 0.2) is 0 Å². The molecule has 20 heteroatoms. The van der Waals surface area contributed by atoms with E-state index in [1.807, 2.05) is 103 Å². The summed E-state index contributed by atoms with van der Waals surface area (Å²) in [5.74, 6) is 0. The van der Waals surface area contributed by atoms with E-state index in [-0.39, 0.29) is 128 Å². The maximum absolute atomic E-state index is 11.6.